The average Bonchev–Trinajstić information content (AvgIpc) is 3.72. The second kappa shape index (κ2) is 9.56. The summed E-state index contributed by atoms with van der Waals surface area (Å²) < 4.78 is 19.1. The number of carboxylic acids is 1. The lowest BCUT2D eigenvalue weighted by molar-refractivity contribution is -0.117. The third-order valence-electron chi connectivity index (χ3n) is 7.15. The molecule has 0 unspecified atom stereocenters. The van der Waals surface area contributed by atoms with Crippen molar-refractivity contribution in [2.45, 2.75) is 18.9 Å². The van der Waals surface area contributed by atoms with Crippen LogP contribution in [-0.4, -0.2) is 68.3 Å². The van der Waals surface area contributed by atoms with Gasteiger partial charge in [-0.15, -0.1) is 0 Å². The van der Waals surface area contributed by atoms with Gasteiger partial charge in [-0.05, 0) is 25.0 Å². The molecule has 1 aromatic carbocycles. The number of carbonyl (C=O) groups is 2. The average molecular weight is 527 g/mol. The Labute approximate surface area is 215 Å². The number of hydrogen-bond acceptors (Lipinski definition) is 7. The van der Waals surface area contributed by atoms with Crippen molar-refractivity contribution < 1.29 is 19.1 Å². The quantitative estimate of drug-likeness (QED) is 0.469. The number of piperazine rings is 1. The van der Waals surface area contributed by atoms with E-state index < -0.39 is 28.5 Å². The van der Waals surface area contributed by atoms with E-state index in [4.69, 9.17) is 0 Å². The Hall–Kier alpha value is -4.26. The topological polar surface area (TPSA) is 139 Å². The predicted molar refractivity (Wildman–Crippen MR) is 138 cm³/mol. The Morgan fingerprint density at radius 2 is 1.71 bits per heavy atom. The first kappa shape index (κ1) is 25.4. The molecule has 2 fully saturated rings. The molecule has 0 atom stereocenters. The molecule has 5 rings (SSSR count). The Kier molecular flexibility index (Phi) is 6.39. The number of hydrogen-bond donors (Lipinski definition) is 2. The van der Waals surface area contributed by atoms with Crippen molar-refractivity contribution in [2.24, 2.45) is 14.1 Å². The highest BCUT2D eigenvalue weighted by atomic mass is 19.1. The van der Waals surface area contributed by atoms with Crippen LogP contribution in [0, 0.1) is 5.82 Å². The number of nitrogens with zero attached hydrogens (tertiary/aromatic N) is 5. The highest BCUT2D eigenvalue weighted by Gasteiger charge is 2.29. The summed E-state index contributed by atoms with van der Waals surface area (Å²) in [4.78, 5) is 64.5. The van der Waals surface area contributed by atoms with E-state index in [1.807, 2.05) is 9.80 Å². The molecule has 0 bridgehead atoms. The van der Waals surface area contributed by atoms with Crippen molar-refractivity contribution in [1.29, 1.82) is 0 Å². The van der Waals surface area contributed by atoms with Crippen LogP contribution in [0.1, 0.15) is 29.2 Å². The van der Waals surface area contributed by atoms with Crippen molar-refractivity contribution in [3.8, 4) is 0 Å². The Balaban J connectivity index is 1.31. The maximum absolute atomic E-state index is 15.2. The van der Waals surface area contributed by atoms with E-state index in [1.54, 1.807) is 10.6 Å². The number of benzene rings is 1. The van der Waals surface area contributed by atoms with Gasteiger partial charge in [-0.1, -0.05) is 0 Å². The number of aromatic nitrogens is 3. The number of pyridine rings is 1. The van der Waals surface area contributed by atoms with E-state index in [0.29, 0.717) is 37.4 Å². The van der Waals surface area contributed by atoms with Crippen LogP contribution < -0.4 is 26.9 Å². The minimum Gasteiger partial charge on any atom is -0.477 e. The third kappa shape index (κ3) is 4.60. The number of carboxylic acid groups (broad SMARTS) is 1. The molecule has 3 aromatic rings. The summed E-state index contributed by atoms with van der Waals surface area (Å²) in [5, 5.41) is 12.1. The van der Waals surface area contributed by atoms with Crippen LogP contribution in [0.5, 0.6) is 0 Å². The van der Waals surface area contributed by atoms with Crippen LogP contribution in [0.3, 0.4) is 0 Å². The fraction of sp³-hybridized carbons (Fsp3) is 0.400. The Morgan fingerprint density at radius 1 is 1.03 bits per heavy atom. The molecule has 1 aliphatic carbocycles. The molecule has 200 valence electrons. The number of halogens is 1. The van der Waals surface area contributed by atoms with Crippen molar-refractivity contribution in [1.82, 2.24) is 18.6 Å². The van der Waals surface area contributed by atoms with E-state index in [0.717, 1.165) is 23.5 Å². The molecule has 2 aromatic heterocycles. The number of fused-ring (bicyclic) bond motifs is 1. The minimum atomic E-state index is -1.34. The molecule has 1 amide bonds. The molecule has 2 N–H and O–H groups in total. The second-order valence-corrected chi connectivity index (χ2v) is 9.72. The summed E-state index contributed by atoms with van der Waals surface area (Å²) in [5.74, 6) is -2.24. The van der Waals surface area contributed by atoms with E-state index in [2.05, 4.69) is 5.32 Å². The van der Waals surface area contributed by atoms with Gasteiger partial charge in [-0.25, -0.2) is 14.0 Å². The molecule has 38 heavy (non-hydrogen) atoms. The largest absolute Gasteiger partial charge is 0.477 e. The lowest BCUT2D eigenvalue weighted by atomic mass is 10.1. The summed E-state index contributed by atoms with van der Waals surface area (Å²) in [6.45, 7) is 1.76. The van der Waals surface area contributed by atoms with Gasteiger partial charge >= 0.3 is 11.7 Å². The van der Waals surface area contributed by atoms with Crippen molar-refractivity contribution in [3.05, 3.63) is 66.8 Å². The highest BCUT2D eigenvalue weighted by molar-refractivity contribution is 5.94. The molecule has 1 saturated carbocycles. The zero-order chi connectivity index (χ0) is 27.3. The van der Waals surface area contributed by atoms with Gasteiger partial charge in [0.2, 0.25) is 11.3 Å². The maximum atomic E-state index is 15.2. The van der Waals surface area contributed by atoms with Crippen LogP contribution in [0.4, 0.5) is 15.9 Å². The first-order chi connectivity index (χ1) is 18.0. The molecule has 0 spiro atoms. The zero-order valence-electron chi connectivity index (χ0n) is 20.9. The van der Waals surface area contributed by atoms with E-state index >= 15 is 4.39 Å². The van der Waals surface area contributed by atoms with Crippen LogP contribution in [0.15, 0.2) is 38.8 Å². The summed E-state index contributed by atoms with van der Waals surface area (Å²) in [6.07, 6.45) is 3.06. The van der Waals surface area contributed by atoms with Gasteiger partial charge in [0, 0.05) is 64.0 Å². The van der Waals surface area contributed by atoms with Crippen LogP contribution in [-0.2, 0) is 18.9 Å². The highest BCUT2D eigenvalue weighted by Crippen LogP contribution is 2.38. The van der Waals surface area contributed by atoms with Gasteiger partial charge in [-0.2, -0.15) is 0 Å². The monoisotopic (exact) mass is 526 g/mol. The fourth-order valence-corrected chi connectivity index (χ4v) is 4.79. The smallest absolute Gasteiger partial charge is 0.341 e. The lowest BCUT2D eigenvalue weighted by Crippen LogP contribution is -2.49. The minimum absolute atomic E-state index is 0.0244. The first-order valence-corrected chi connectivity index (χ1v) is 12.2. The normalized spacial score (nSPS) is 16.1. The summed E-state index contributed by atoms with van der Waals surface area (Å²) >= 11 is 0. The number of amides is 1. The van der Waals surface area contributed by atoms with Gasteiger partial charge in [0.15, 0.2) is 0 Å². The van der Waals surface area contributed by atoms with E-state index in [-0.39, 0.29) is 35.3 Å². The number of nitrogens with one attached hydrogen (secondary N) is 1. The zero-order valence-corrected chi connectivity index (χ0v) is 20.9. The molecule has 1 aliphatic heterocycles. The fourth-order valence-electron chi connectivity index (χ4n) is 4.79. The van der Waals surface area contributed by atoms with Gasteiger partial charge in [0.1, 0.15) is 17.2 Å². The van der Waals surface area contributed by atoms with Crippen LogP contribution >= 0.6 is 0 Å². The molecule has 12 nitrogen and oxygen atoms in total. The molecular weight excluding hydrogens is 499 g/mol. The van der Waals surface area contributed by atoms with Crippen molar-refractivity contribution >= 4 is 34.3 Å². The molecule has 1 saturated heterocycles. The Morgan fingerprint density at radius 3 is 2.34 bits per heavy atom. The van der Waals surface area contributed by atoms with Gasteiger partial charge < -0.3 is 19.9 Å². The van der Waals surface area contributed by atoms with Crippen LogP contribution in [0.2, 0.25) is 0 Å². The lowest BCUT2D eigenvalue weighted by Gasteiger charge is -2.36. The van der Waals surface area contributed by atoms with Crippen molar-refractivity contribution in [2.75, 3.05) is 42.9 Å². The van der Waals surface area contributed by atoms with Gasteiger partial charge in [-0.3, -0.25) is 28.4 Å². The standard InChI is InChI=1S/C25H27FN6O6/c1-28-20(11-22(34)29(2)25(28)38)27-21(33)13-30-5-7-31(8-6-30)19-10-18-15(9-17(19)26)23(35)16(24(36)37)12-32(18)14-3-4-14/h9-12,14H,3-8,13H2,1-2H3,(H,27,33)(H,36,37). The number of anilines is 2. The van der Waals surface area contributed by atoms with E-state index in [9.17, 15) is 29.1 Å². The summed E-state index contributed by atoms with van der Waals surface area (Å²) in [7, 11) is 2.81. The SMILES string of the molecule is Cn1c(NC(=O)CN2CCN(c3cc4c(cc3F)c(=O)c(C(=O)O)cn4C3CC3)CC2)cc(=O)n(C)c1=O. The maximum Gasteiger partial charge on any atom is 0.341 e. The molecule has 3 heterocycles. The number of rotatable bonds is 6. The number of aromatic carboxylic acids is 1. The second-order valence-electron chi connectivity index (χ2n) is 9.72. The number of carbonyl (C=O) groups excluding carboxylic acids is 1. The Bertz CT molecular complexity index is 1650. The molecule has 2 aliphatic rings. The summed E-state index contributed by atoms with van der Waals surface area (Å²) in [6, 6.07) is 3.98. The molecular formula is C25H27FN6O6. The van der Waals surface area contributed by atoms with E-state index in [1.165, 1.54) is 30.9 Å². The summed E-state index contributed by atoms with van der Waals surface area (Å²) in [5.41, 5.74) is -1.35. The third-order valence-corrected chi connectivity index (χ3v) is 7.15. The van der Waals surface area contributed by atoms with Crippen molar-refractivity contribution in [3.63, 3.8) is 0 Å². The molecule has 13 heteroatoms. The van der Waals surface area contributed by atoms with Gasteiger partial charge in [0.25, 0.3) is 5.56 Å². The predicted octanol–water partition coefficient (Wildman–Crippen LogP) is 0.332. The van der Waals surface area contributed by atoms with Gasteiger partial charge in [0.05, 0.1) is 17.7 Å². The van der Waals surface area contributed by atoms with Crippen LogP contribution in [0.25, 0.3) is 10.9 Å². The first-order valence-electron chi connectivity index (χ1n) is 12.2. The molecule has 0 radical (unpaired) electrons.